The molecule has 1 heterocycles. The molecule has 1 aromatic heterocycles. The number of nitriles is 1. The zero-order valence-corrected chi connectivity index (χ0v) is 9.56. The molecule has 0 atom stereocenters. The van der Waals surface area contributed by atoms with E-state index in [0.29, 0.717) is 5.56 Å². The Kier molecular flexibility index (Phi) is 3.88. The van der Waals surface area contributed by atoms with Gasteiger partial charge < -0.3 is 9.84 Å². The van der Waals surface area contributed by atoms with Gasteiger partial charge in [-0.05, 0) is 12.5 Å². The van der Waals surface area contributed by atoms with Gasteiger partial charge in [0.25, 0.3) is 5.56 Å². The van der Waals surface area contributed by atoms with Crippen LogP contribution in [-0.4, -0.2) is 22.8 Å². The Morgan fingerprint density at radius 3 is 2.82 bits per heavy atom. The number of aryl methyl sites for hydroxylation is 1. The monoisotopic (exact) mass is 236 g/mol. The number of aromatic nitrogens is 1. The maximum Gasteiger partial charge on any atom is 0.307 e. The number of rotatable bonds is 3. The molecule has 90 valence electrons. The zero-order valence-electron chi connectivity index (χ0n) is 9.56. The van der Waals surface area contributed by atoms with Crippen molar-refractivity contribution >= 4 is 5.97 Å². The summed E-state index contributed by atoms with van der Waals surface area (Å²) in [5.41, 5.74) is -0.0123. The summed E-state index contributed by atoms with van der Waals surface area (Å²) in [6, 6.07) is 3.05. The molecule has 0 aromatic carbocycles. The quantitative estimate of drug-likeness (QED) is 0.762. The van der Waals surface area contributed by atoms with Crippen molar-refractivity contribution in [3.8, 4) is 11.9 Å². The van der Waals surface area contributed by atoms with Crippen LogP contribution < -0.4 is 5.56 Å². The second-order valence-corrected chi connectivity index (χ2v) is 3.45. The van der Waals surface area contributed by atoms with Crippen molar-refractivity contribution in [2.24, 2.45) is 0 Å². The first-order chi connectivity index (χ1) is 8.01. The number of aromatic hydroxyl groups is 1. The van der Waals surface area contributed by atoms with E-state index >= 15 is 0 Å². The van der Waals surface area contributed by atoms with Crippen LogP contribution in [0, 0.1) is 18.3 Å². The van der Waals surface area contributed by atoms with E-state index in [0.717, 1.165) is 4.57 Å². The Morgan fingerprint density at radius 1 is 1.65 bits per heavy atom. The Labute approximate surface area is 97.7 Å². The maximum absolute atomic E-state index is 11.6. The number of esters is 1. The lowest BCUT2D eigenvalue weighted by Gasteiger charge is -2.09. The lowest BCUT2D eigenvalue weighted by Crippen LogP contribution is -2.22. The second-order valence-electron chi connectivity index (χ2n) is 3.45. The van der Waals surface area contributed by atoms with E-state index in [4.69, 9.17) is 5.26 Å². The Hall–Kier alpha value is -2.29. The molecule has 0 saturated carbocycles. The number of nitrogens with zero attached hydrogens (tertiary/aromatic N) is 2. The number of hydrogen-bond donors (Lipinski definition) is 1. The van der Waals surface area contributed by atoms with Gasteiger partial charge >= 0.3 is 5.97 Å². The summed E-state index contributed by atoms with van der Waals surface area (Å²) in [6.45, 7) is 1.54. The number of hydrogen-bond acceptors (Lipinski definition) is 5. The van der Waals surface area contributed by atoms with Crippen LogP contribution in [0.2, 0.25) is 0 Å². The third-order valence-corrected chi connectivity index (χ3v) is 2.36. The van der Waals surface area contributed by atoms with E-state index in [1.54, 1.807) is 13.0 Å². The van der Waals surface area contributed by atoms with Crippen LogP contribution in [0.1, 0.15) is 17.5 Å². The van der Waals surface area contributed by atoms with E-state index < -0.39 is 17.4 Å². The van der Waals surface area contributed by atoms with Crippen molar-refractivity contribution in [3.63, 3.8) is 0 Å². The fourth-order valence-electron chi connectivity index (χ4n) is 1.41. The van der Waals surface area contributed by atoms with Gasteiger partial charge in [-0.15, -0.1) is 0 Å². The van der Waals surface area contributed by atoms with Gasteiger partial charge in [0.2, 0.25) is 5.88 Å². The smallest absolute Gasteiger partial charge is 0.307 e. The highest BCUT2D eigenvalue weighted by atomic mass is 16.5. The highest BCUT2D eigenvalue weighted by Crippen LogP contribution is 2.17. The minimum atomic E-state index is -0.490. The summed E-state index contributed by atoms with van der Waals surface area (Å²) < 4.78 is 5.41. The van der Waals surface area contributed by atoms with Gasteiger partial charge in [-0.1, -0.05) is 0 Å². The molecule has 17 heavy (non-hydrogen) atoms. The summed E-state index contributed by atoms with van der Waals surface area (Å²) in [5.74, 6) is -0.906. The molecule has 0 spiro atoms. The van der Waals surface area contributed by atoms with Crippen LogP contribution >= 0.6 is 0 Å². The predicted octanol–water partition coefficient (Wildman–Crippen LogP) is 0.297. The molecule has 0 bridgehead atoms. The first-order valence-electron chi connectivity index (χ1n) is 4.91. The molecular weight excluding hydrogens is 224 g/mol. The van der Waals surface area contributed by atoms with Crippen LogP contribution in [0.3, 0.4) is 0 Å². The zero-order chi connectivity index (χ0) is 13.0. The molecule has 0 radical (unpaired) electrons. The summed E-state index contributed by atoms with van der Waals surface area (Å²) >= 11 is 0. The number of methoxy groups -OCH3 is 1. The normalized spacial score (nSPS) is 9.71. The van der Waals surface area contributed by atoms with Crippen LogP contribution in [0.5, 0.6) is 5.88 Å². The lowest BCUT2D eigenvalue weighted by molar-refractivity contribution is -0.140. The second kappa shape index (κ2) is 5.16. The van der Waals surface area contributed by atoms with Gasteiger partial charge in [-0.3, -0.25) is 14.2 Å². The van der Waals surface area contributed by atoms with E-state index in [9.17, 15) is 14.7 Å². The summed E-state index contributed by atoms with van der Waals surface area (Å²) in [7, 11) is 1.24. The van der Waals surface area contributed by atoms with Gasteiger partial charge in [0.15, 0.2) is 0 Å². The summed E-state index contributed by atoms with van der Waals surface area (Å²) in [6.07, 6.45) is -0.0438. The predicted molar refractivity (Wildman–Crippen MR) is 58.5 cm³/mol. The molecule has 0 aliphatic rings. The molecule has 6 nitrogen and oxygen atoms in total. The van der Waals surface area contributed by atoms with E-state index in [-0.39, 0.29) is 18.5 Å². The molecular formula is C11H12N2O4. The van der Waals surface area contributed by atoms with Gasteiger partial charge in [0, 0.05) is 12.6 Å². The third kappa shape index (κ3) is 2.64. The van der Waals surface area contributed by atoms with Crippen LogP contribution in [-0.2, 0) is 16.1 Å². The molecule has 0 unspecified atom stereocenters. The Morgan fingerprint density at radius 2 is 2.29 bits per heavy atom. The molecule has 1 aromatic rings. The first kappa shape index (κ1) is 12.8. The van der Waals surface area contributed by atoms with Gasteiger partial charge in [0.05, 0.1) is 13.5 Å². The van der Waals surface area contributed by atoms with Crippen molar-refractivity contribution in [1.82, 2.24) is 4.57 Å². The highest BCUT2D eigenvalue weighted by molar-refractivity contribution is 5.69. The van der Waals surface area contributed by atoms with Crippen molar-refractivity contribution in [2.45, 2.75) is 19.9 Å². The molecule has 0 aliphatic carbocycles. The average molecular weight is 236 g/mol. The standard InChI is InChI=1S/C11H12N2O4/c1-7-5-9(14)13(4-3-10(15)17-2)11(16)8(7)6-12/h5,16H,3-4H2,1-2H3. The fraction of sp³-hybridized carbons (Fsp3) is 0.364. The Balaban J connectivity index is 3.13. The number of carbonyl (C=O) groups is 1. The molecule has 0 saturated heterocycles. The summed E-state index contributed by atoms with van der Waals surface area (Å²) in [4.78, 5) is 22.5. The third-order valence-electron chi connectivity index (χ3n) is 2.36. The van der Waals surface area contributed by atoms with Crippen molar-refractivity contribution < 1.29 is 14.6 Å². The maximum atomic E-state index is 11.6. The molecule has 6 heteroatoms. The molecule has 1 N–H and O–H groups in total. The number of carbonyl (C=O) groups excluding carboxylic acids is 1. The molecule has 0 fully saturated rings. The number of pyridine rings is 1. The summed E-state index contributed by atoms with van der Waals surface area (Å²) in [5, 5.41) is 18.5. The molecule has 0 aliphatic heterocycles. The lowest BCUT2D eigenvalue weighted by atomic mass is 10.1. The van der Waals surface area contributed by atoms with Crippen LogP contribution in [0.25, 0.3) is 0 Å². The molecule has 1 rings (SSSR count). The average Bonchev–Trinajstić information content (AvgIpc) is 2.28. The SMILES string of the molecule is COC(=O)CCn1c(O)c(C#N)c(C)cc1=O. The van der Waals surface area contributed by atoms with Gasteiger partial charge in [-0.25, -0.2) is 0 Å². The molecule has 0 amide bonds. The Bertz CT molecular complexity index is 540. The van der Waals surface area contributed by atoms with Crippen molar-refractivity contribution in [2.75, 3.05) is 7.11 Å². The van der Waals surface area contributed by atoms with E-state index in [1.807, 2.05) is 0 Å². The van der Waals surface area contributed by atoms with Crippen molar-refractivity contribution in [1.29, 1.82) is 5.26 Å². The minimum Gasteiger partial charge on any atom is -0.493 e. The van der Waals surface area contributed by atoms with E-state index in [2.05, 4.69) is 4.74 Å². The highest BCUT2D eigenvalue weighted by Gasteiger charge is 2.13. The topological polar surface area (TPSA) is 92.3 Å². The van der Waals surface area contributed by atoms with Crippen molar-refractivity contribution in [3.05, 3.63) is 27.5 Å². The van der Waals surface area contributed by atoms with Gasteiger partial charge in [0.1, 0.15) is 11.6 Å². The fourth-order valence-corrected chi connectivity index (χ4v) is 1.41. The largest absolute Gasteiger partial charge is 0.493 e. The van der Waals surface area contributed by atoms with Crippen LogP contribution in [0.15, 0.2) is 10.9 Å². The number of ether oxygens (including phenoxy) is 1. The minimum absolute atomic E-state index is 0.0215. The first-order valence-corrected chi connectivity index (χ1v) is 4.91. The van der Waals surface area contributed by atoms with E-state index in [1.165, 1.54) is 13.2 Å². The van der Waals surface area contributed by atoms with Crippen LogP contribution in [0.4, 0.5) is 0 Å². The van der Waals surface area contributed by atoms with Gasteiger partial charge in [-0.2, -0.15) is 5.26 Å².